The Bertz CT molecular complexity index is 910. The van der Waals surface area contributed by atoms with E-state index >= 15 is 0 Å². The number of rotatable bonds is 10. The Labute approximate surface area is 174 Å². The Hall–Kier alpha value is -1.98. The molecule has 2 atom stereocenters. The van der Waals surface area contributed by atoms with Crippen LogP contribution in [0.1, 0.15) is 38.0 Å². The molecule has 0 spiro atoms. The number of aromatic nitrogens is 3. The molecule has 1 aromatic carbocycles. The number of aliphatic hydroxyl groups excluding tert-OH is 1. The van der Waals surface area contributed by atoms with Gasteiger partial charge in [-0.25, -0.2) is 12.8 Å². The standard InChI is InChI=1S/C18H26FN5O3S2/c1-11(2)9-15(10-25)20-16-21-17(24-29(4,26)27)23-18(22-16)28-12(3)13-5-7-14(19)8-6-13/h5-8,11-12,15,25H,9-10H2,1-4H3,(H2,20,21,22,23,24)/t12-,15+/m0/s1. The lowest BCUT2D eigenvalue weighted by atomic mass is 10.0. The van der Waals surface area contributed by atoms with E-state index in [4.69, 9.17) is 0 Å². The van der Waals surface area contributed by atoms with Gasteiger partial charge in [0.2, 0.25) is 21.9 Å². The molecule has 0 saturated carbocycles. The first-order valence-corrected chi connectivity index (χ1v) is 11.9. The van der Waals surface area contributed by atoms with Gasteiger partial charge in [-0.15, -0.1) is 0 Å². The van der Waals surface area contributed by atoms with Crippen LogP contribution in [-0.4, -0.2) is 47.4 Å². The number of anilines is 2. The van der Waals surface area contributed by atoms with Crippen LogP contribution in [0.2, 0.25) is 0 Å². The summed E-state index contributed by atoms with van der Waals surface area (Å²) in [6.45, 7) is 5.85. The third-order valence-corrected chi connectivity index (χ3v) is 5.40. The van der Waals surface area contributed by atoms with Gasteiger partial charge in [0.05, 0.1) is 18.9 Å². The molecule has 0 aliphatic rings. The summed E-state index contributed by atoms with van der Waals surface area (Å²) in [6, 6.07) is 5.82. The van der Waals surface area contributed by atoms with E-state index in [1.807, 2.05) is 20.8 Å². The van der Waals surface area contributed by atoms with Gasteiger partial charge in [0.25, 0.3) is 0 Å². The highest BCUT2D eigenvalue weighted by Crippen LogP contribution is 2.33. The highest BCUT2D eigenvalue weighted by molar-refractivity contribution is 7.99. The van der Waals surface area contributed by atoms with E-state index in [1.165, 1.54) is 23.9 Å². The summed E-state index contributed by atoms with van der Waals surface area (Å²) in [5.74, 6) is 0.0691. The number of thioether (sulfide) groups is 1. The molecule has 160 valence electrons. The molecule has 2 aromatic rings. The smallest absolute Gasteiger partial charge is 0.242 e. The lowest BCUT2D eigenvalue weighted by Crippen LogP contribution is -2.27. The van der Waals surface area contributed by atoms with Crippen molar-refractivity contribution in [3.8, 4) is 0 Å². The topological polar surface area (TPSA) is 117 Å². The maximum absolute atomic E-state index is 13.2. The highest BCUT2D eigenvalue weighted by atomic mass is 32.2. The fourth-order valence-electron chi connectivity index (χ4n) is 2.58. The normalized spacial score (nSPS) is 13.9. The molecule has 0 amide bonds. The zero-order valence-corrected chi connectivity index (χ0v) is 18.4. The van der Waals surface area contributed by atoms with Crippen LogP contribution < -0.4 is 10.0 Å². The minimum absolute atomic E-state index is 0.110. The zero-order chi connectivity index (χ0) is 21.6. The van der Waals surface area contributed by atoms with Gasteiger partial charge in [0.15, 0.2) is 5.16 Å². The maximum Gasteiger partial charge on any atom is 0.242 e. The van der Waals surface area contributed by atoms with Gasteiger partial charge in [-0.1, -0.05) is 37.7 Å². The third kappa shape index (κ3) is 8.11. The van der Waals surface area contributed by atoms with E-state index in [-0.39, 0.29) is 35.6 Å². The van der Waals surface area contributed by atoms with Crippen molar-refractivity contribution < 1.29 is 17.9 Å². The average molecular weight is 444 g/mol. The van der Waals surface area contributed by atoms with E-state index in [9.17, 15) is 17.9 Å². The van der Waals surface area contributed by atoms with E-state index in [1.54, 1.807) is 12.1 Å². The molecule has 1 heterocycles. The van der Waals surface area contributed by atoms with E-state index < -0.39 is 10.0 Å². The fourth-order valence-corrected chi connectivity index (χ4v) is 3.89. The van der Waals surface area contributed by atoms with Crippen LogP contribution in [0.25, 0.3) is 0 Å². The summed E-state index contributed by atoms with van der Waals surface area (Å²) in [6.07, 6.45) is 1.69. The van der Waals surface area contributed by atoms with E-state index in [0.29, 0.717) is 17.5 Å². The van der Waals surface area contributed by atoms with Crippen molar-refractivity contribution in [3.05, 3.63) is 35.6 Å². The number of hydrogen-bond donors (Lipinski definition) is 3. The number of halogens is 1. The molecular formula is C18H26FN5O3S2. The number of nitrogens with zero attached hydrogens (tertiary/aromatic N) is 3. The summed E-state index contributed by atoms with van der Waals surface area (Å²) in [4.78, 5) is 12.6. The van der Waals surface area contributed by atoms with Gasteiger partial charge in [-0.05, 0) is 37.0 Å². The van der Waals surface area contributed by atoms with Crippen molar-refractivity contribution in [2.45, 2.75) is 43.6 Å². The molecular weight excluding hydrogens is 417 g/mol. The summed E-state index contributed by atoms with van der Waals surface area (Å²) in [7, 11) is -3.58. The first-order valence-electron chi connectivity index (χ1n) is 9.09. The van der Waals surface area contributed by atoms with Crippen molar-refractivity contribution in [1.82, 2.24) is 15.0 Å². The Morgan fingerprint density at radius 3 is 2.28 bits per heavy atom. The average Bonchev–Trinajstić information content (AvgIpc) is 2.59. The summed E-state index contributed by atoms with van der Waals surface area (Å²) >= 11 is 1.28. The molecule has 1 aromatic heterocycles. The monoisotopic (exact) mass is 443 g/mol. The van der Waals surface area contributed by atoms with Crippen molar-refractivity contribution >= 4 is 33.7 Å². The van der Waals surface area contributed by atoms with Crippen molar-refractivity contribution in [2.24, 2.45) is 5.92 Å². The van der Waals surface area contributed by atoms with Gasteiger partial charge < -0.3 is 10.4 Å². The third-order valence-electron chi connectivity index (χ3n) is 3.82. The number of hydrogen-bond acceptors (Lipinski definition) is 8. The molecule has 11 heteroatoms. The van der Waals surface area contributed by atoms with Gasteiger partial charge in [0, 0.05) is 5.25 Å². The Kier molecular flexibility index (Phi) is 8.17. The second-order valence-corrected chi connectivity index (χ2v) is 10.2. The molecule has 0 aliphatic carbocycles. The summed E-state index contributed by atoms with van der Waals surface area (Å²) in [5, 5.41) is 12.8. The minimum Gasteiger partial charge on any atom is -0.394 e. The van der Waals surface area contributed by atoms with Gasteiger partial charge in [-0.3, -0.25) is 4.72 Å². The van der Waals surface area contributed by atoms with Crippen LogP contribution in [0.5, 0.6) is 0 Å². The lowest BCUT2D eigenvalue weighted by Gasteiger charge is -2.19. The molecule has 3 N–H and O–H groups in total. The molecule has 0 bridgehead atoms. The second-order valence-electron chi connectivity index (χ2n) is 7.10. The van der Waals surface area contributed by atoms with Crippen LogP contribution in [0.15, 0.2) is 29.4 Å². The lowest BCUT2D eigenvalue weighted by molar-refractivity contribution is 0.259. The van der Waals surface area contributed by atoms with E-state index in [2.05, 4.69) is 25.0 Å². The van der Waals surface area contributed by atoms with Crippen molar-refractivity contribution in [1.29, 1.82) is 0 Å². The molecule has 29 heavy (non-hydrogen) atoms. The van der Waals surface area contributed by atoms with Crippen LogP contribution in [-0.2, 0) is 10.0 Å². The minimum atomic E-state index is -3.58. The predicted octanol–water partition coefficient (Wildman–Crippen LogP) is 3.05. The summed E-state index contributed by atoms with van der Waals surface area (Å²) in [5.41, 5.74) is 0.872. The van der Waals surface area contributed by atoms with Gasteiger partial charge in [-0.2, -0.15) is 15.0 Å². The highest BCUT2D eigenvalue weighted by Gasteiger charge is 2.17. The Morgan fingerprint density at radius 2 is 1.72 bits per heavy atom. The van der Waals surface area contributed by atoms with E-state index in [0.717, 1.165) is 11.8 Å². The summed E-state index contributed by atoms with van der Waals surface area (Å²) < 4.78 is 38.6. The Balaban J connectivity index is 2.29. The van der Waals surface area contributed by atoms with Crippen LogP contribution in [0.3, 0.4) is 0 Å². The first kappa shape index (κ1) is 23.3. The molecule has 0 unspecified atom stereocenters. The van der Waals surface area contributed by atoms with Gasteiger partial charge >= 0.3 is 0 Å². The SMILES string of the molecule is CC(C)C[C@H](CO)Nc1nc(NS(C)(=O)=O)nc(S[C@@H](C)c2ccc(F)cc2)n1. The predicted molar refractivity (Wildman–Crippen MR) is 113 cm³/mol. The molecule has 0 saturated heterocycles. The molecule has 0 radical (unpaired) electrons. The second kappa shape index (κ2) is 10.2. The quantitative estimate of drug-likeness (QED) is 0.480. The number of sulfonamides is 1. The van der Waals surface area contributed by atoms with Crippen LogP contribution in [0, 0.1) is 11.7 Å². The fraction of sp³-hybridized carbons (Fsp3) is 0.500. The maximum atomic E-state index is 13.2. The molecule has 8 nitrogen and oxygen atoms in total. The van der Waals surface area contributed by atoms with Crippen molar-refractivity contribution in [2.75, 3.05) is 22.9 Å². The molecule has 0 fully saturated rings. The first-order chi connectivity index (χ1) is 13.6. The largest absolute Gasteiger partial charge is 0.394 e. The Morgan fingerprint density at radius 1 is 1.10 bits per heavy atom. The number of benzene rings is 1. The van der Waals surface area contributed by atoms with Crippen molar-refractivity contribution in [3.63, 3.8) is 0 Å². The zero-order valence-electron chi connectivity index (χ0n) is 16.8. The van der Waals surface area contributed by atoms with Crippen LogP contribution in [0.4, 0.5) is 16.3 Å². The number of nitrogens with one attached hydrogen (secondary N) is 2. The van der Waals surface area contributed by atoms with Gasteiger partial charge in [0.1, 0.15) is 5.82 Å². The molecule has 2 rings (SSSR count). The van der Waals surface area contributed by atoms with Crippen LogP contribution >= 0.6 is 11.8 Å². The molecule has 0 aliphatic heterocycles. The number of aliphatic hydroxyl groups is 1.